The van der Waals surface area contributed by atoms with Gasteiger partial charge >= 0.3 is 0 Å². The van der Waals surface area contributed by atoms with Gasteiger partial charge in [0.1, 0.15) is 5.75 Å². The van der Waals surface area contributed by atoms with Gasteiger partial charge in [0, 0.05) is 29.4 Å². The lowest BCUT2D eigenvalue weighted by Gasteiger charge is -2.07. The molecule has 0 saturated carbocycles. The molecule has 5 nitrogen and oxygen atoms in total. The Kier molecular flexibility index (Phi) is 5.31. The molecule has 0 aromatic heterocycles. The zero-order valence-electron chi connectivity index (χ0n) is 12.2. The molecule has 5 heteroatoms. The first-order valence-electron chi connectivity index (χ1n) is 6.70. The van der Waals surface area contributed by atoms with E-state index in [0.717, 1.165) is 5.69 Å². The molecule has 0 radical (unpaired) electrons. The van der Waals surface area contributed by atoms with Gasteiger partial charge in [0.25, 0.3) is 5.91 Å². The first kappa shape index (κ1) is 15.3. The number of allylic oxidation sites excluding steroid dienone is 1. The maximum absolute atomic E-state index is 12.2. The highest BCUT2D eigenvalue weighted by atomic mass is 16.5. The molecule has 0 fully saturated rings. The van der Waals surface area contributed by atoms with Crippen molar-refractivity contribution in [3.63, 3.8) is 0 Å². The fraction of sp³-hybridized carbons (Fsp3) is 0.0588. The Morgan fingerprint density at radius 1 is 1.14 bits per heavy atom. The number of rotatable bonds is 6. The lowest BCUT2D eigenvalue weighted by molar-refractivity contribution is 0.102. The molecule has 3 N–H and O–H groups in total. The van der Waals surface area contributed by atoms with Gasteiger partial charge in [0.05, 0.1) is 7.11 Å². The Hall–Kier alpha value is -3.08. The van der Waals surface area contributed by atoms with E-state index in [0.29, 0.717) is 17.0 Å². The second-order valence-corrected chi connectivity index (χ2v) is 4.43. The molecule has 0 aliphatic rings. The van der Waals surface area contributed by atoms with Crippen molar-refractivity contribution in [1.82, 2.24) is 0 Å². The summed E-state index contributed by atoms with van der Waals surface area (Å²) in [5.74, 6) is 0.452. The van der Waals surface area contributed by atoms with Gasteiger partial charge in [-0.15, -0.1) is 0 Å². The van der Waals surface area contributed by atoms with Crippen molar-refractivity contribution in [3.8, 4) is 5.75 Å². The third-order valence-corrected chi connectivity index (χ3v) is 2.92. The average Bonchev–Trinajstić information content (AvgIpc) is 2.56. The molecule has 1 amide bonds. The first-order valence-corrected chi connectivity index (χ1v) is 6.70. The largest absolute Gasteiger partial charge is 0.497 e. The Labute approximate surface area is 129 Å². The third-order valence-electron chi connectivity index (χ3n) is 2.92. The quantitative estimate of drug-likeness (QED) is 0.714. The molecule has 0 aliphatic heterocycles. The van der Waals surface area contributed by atoms with Crippen molar-refractivity contribution in [3.05, 3.63) is 66.4 Å². The Morgan fingerprint density at radius 2 is 1.86 bits per heavy atom. The number of methoxy groups -OCH3 is 1. The van der Waals surface area contributed by atoms with Crippen molar-refractivity contribution in [1.29, 1.82) is 5.41 Å². The summed E-state index contributed by atoms with van der Waals surface area (Å²) in [4.78, 5) is 12.2. The number of amides is 1. The highest BCUT2D eigenvalue weighted by Gasteiger charge is 2.06. The van der Waals surface area contributed by atoms with Gasteiger partial charge in [-0.25, -0.2) is 0 Å². The van der Waals surface area contributed by atoms with Crippen LogP contribution in [0.25, 0.3) is 0 Å². The normalized spacial score (nSPS) is 10.2. The maximum atomic E-state index is 12.2. The van der Waals surface area contributed by atoms with Crippen molar-refractivity contribution < 1.29 is 9.53 Å². The number of ether oxygens (including phenoxy) is 1. The predicted octanol–water partition coefficient (Wildman–Crippen LogP) is 3.52. The minimum absolute atomic E-state index is 0.191. The first-order chi connectivity index (χ1) is 10.7. The van der Waals surface area contributed by atoms with Gasteiger partial charge < -0.3 is 20.8 Å². The molecule has 0 heterocycles. The highest BCUT2D eigenvalue weighted by Crippen LogP contribution is 2.17. The van der Waals surface area contributed by atoms with E-state index in [1.54, 1.807) is 55.8 Å². The standard InChI is InChI=1S/C17H17N3O2/c1-22-16-5-2-4-13(12-16)17(21)20-15-8-6-14(7-9-15)19-11-3-10-18/h2-12,18-19H,1H3,(H,20,21)/b11-3-,18-10?. The number of hydrogen-bond donors (Lipinski definition) is 3. The molecule has 2 aromatic rings. The van der Waals surface area contributed by atoms with Crippen LogP contribution in [0.2, 0.25) is 0 Å². The van der Waals surface area contributed by atoms with E-state index in [1.165, 1.54) is 6.21 Å². The molecule has 22 heavy (non-hydrogen) atoms. The van der Waals surface area contributed by atoms with Gasteiger partial charge in [-0.1, -0.05) is 6.07 Å². The molecule has 2 aromatic carbocycles. The lowest BCUT2D eigenvalue weighted by Crippen LogP contribution is -2.11. The number of hydrogen-bond acceptors (Lipinski definition) is 4. The SMILES string of the molecule is COc1cccc(C(=O)Nc2ccc(N/C=C\C=N)cc2)c1. The monoisotopic (exact) mass is 295 g/mol. The van der Waals surface area contributed by atoms with Crippen LogP contribution in [0.1, 0.15) is 10.4 Å². The van der Waals surface area contributed by atoms with Gasteiger partial charge in [-0.05, 0) is 48.5 Å². The van der Waals surface area contributed by atoms with Crippen LogP contribution in [-0.4, -0.2) is 19.2 Å². The summed E-state index contributed by atoms with van der Waals surface area (Å²) in [6.45, 7) is 0. The van der Waals surface area contributed by atoms with E-state index in [-0.39, 0.29) is 5.91 Å². The Morgan fingerprint density at radius 3 is 2.55 bits per heavy atom. The van der Waals surface area contributed by atoms with Crippen LogP contribution in [0.4, 0.5) is 11.4 Å². The molecule has 0 atom stereocenters. The average molecular weight is 295 g/mol. The maximum Gasteiger partial charge on any atom is 0.255 e. The molecule has 2 rings (SSSR count). The summed E-state index contributed by atoms with van der Waals surface area (Å²) in [6.07, 6.45) is 4.44. The number of carbonyl (C=O) groups is 1. The van der Waals surface area contributed by atoms with Crippen LogP contribution < -0.4 is 15.4 Å². The number of anilines is 2. The summed E-state index contributed by atoms with van der Waals surface area (Å²) in [6, 6.07) is 14.3. The fourth-order valence-corrected chi connectivity index (χ4v) is 1.81. The van der Waals surface area contributed by atoms with Crippen molar-refractivity contribution in [2.45, 2.75) is 0 Å². The third kappa shape index (κ3) is 4.21. The van der Waals surface area contributed by atoms with Crippen molar-refractivity contribution in [2.24, 2.45) is 0 Å². The molecule has 0 unspecified atom stereocenters. The van der Waals surface area contributed by atoms with Crippen LogP contribution >= 0.6 is 0 Å². The lowest BCUT2D eigenvalue weighted by atomic mass is 10.2. The predicted molar refractivity (Wildman–Crippen MR) is 88.9 cm³/mol. The topological polar surface area (TPSA) is 74.2 Å². The van der Waals surface area contributed by atoms with Crippen LogP contribution in [0, 0.1) is 5.41 Å². The van der Waals surface area contributed by atoms with E-state index in [2.05, 4.69) is 10.6 Å². The van der Waals surface area contributed by atoms with Gasteiger partial charge in [-0.2, -0.15) is 0 Å². The number of nitrogens with one attached hydrogen (secondary N) is 3. The fourth-order valence-electron chi connectivity index (χ4n) is 1.81. The minimum Gasteiger partial charge on any atom is -0.497 e. The van der Waals surface area contributed by atoms with E-state index in [4.69, 9.17) is 10.1 Å². The van der Waals surface area contributed by atoms with Gasteiger partial charge in [0.2, 0.25) is 0 Å². The van der Waals surface area contributed by atoms with Gasteiger partial charge in [-0.3, -0.25) is 4.79 Å². The van der Waals surface area contributed by atoms with Crippen LogP contribution in [0.5, 0.6) is 5.75 Å². The smallest absolute Gasteiger partial charge is 0.255 e. The van der Waals surface area contributed by atoms with Crippen LogP contribution in [-0.2, 0) is 0 Å². The zero-order chi connectivity index (χ0) is 15.8. The van der Waals surface area contributed by atoms with Crippen LogP contribution in [0.15, 0.2) is 60.8 Å². The zero-order valence-corrected chi connectivity index (χ0v) is 12.2. The minimum atomic E-state index is -0.191. The van der Waals surface area contributed by atoms with E-state index in [1.807, 2.05) is 12.1 Å². The summed E-state index contributed by atoms with van der Waals surface area (Å²) in [5.41, 5.74) is 2.11. The summed E-state index contributed by atoms with van der Waals surface area (Å²) < 4.78 is 5.11. The molecular weight excluding hydrogens is 278 g/mol. The number of carbonyl (C=O) groups excluding carboxylic acids is 1. The van der Waals surface area contributed by atoms with Crippen molar-refractivity contribution >= 4 is 23.5 Å². The van der Waals surface area contributed by atoms with Crippen molar-refractivity contribution in [2.75, 3.05) is 17.7 Å². The second kappa shape index (κ2) is 7.64. The van der Waals surface area contributed by atoms with Crippen LogP contribution in [0.3, 0.4) is 0 Å². The summed E-state index contributed by atoms with van der Waals surface area (Å²) in [5, 5.41) is 12.7. The van der Waals surface area contributed by atoms with E-state index in [9.17, 15) is 4.79 Å². The molecular formula is C17H17N3O2. The van der Waals surface area contributed by atoms with E-state index < -0.39 is 0 Å². The van der Waals surface area contributed by atoms with Gasteiger partial charge in [0.15, 0.2) is 0 Å². The molecule has 0 saturated heterocycles. The highest BCUT2D eigenvalue weighted by molar-refractivity contribution is 6.04. The van der Waals surface area contributed by atoms with E-state index >= 15 is 0 Å². The molecule has 0 aliphatic carbocycles. The second-order valence-electron chi connectivity index (χ2n) is 4.43. The Balaban J connectivity index is 2.02. The molecule has 0 spiro atoms. The molecule has 0 bridgehead atoms. The summed E-state index contributed by atoms with van der Waals surface area (Å²) in [7, 11) is 1.57. The Bertz CT molecular complexity index is 679. The summed E-state index contributed by atoms with van der Waals surface area (Å²) >= 11 is 0. The molecule has 112 valence electrons. The number of benzene rings is 2.